The van der Waals surface area contributed by atoms with Crippen LogP contribution in [0.25, 0.3) is 5.57 Å². The minimum Gasteiger partial charge on any atom is -0.465 e. The third-order valence-electron chi connectivity index (χ3n) is 3.65. The van der Waals surface area contributed by atoms with E-state index in [1.807, 2.05) is 30.3 Å². The minimum absolute atomic E-state index is 0.0610. The van der Waals surface area contributed by atoms with Crippen LogP contribution < -0.4 is 5.73 Å². The SMILES string of the molecule is COC(=O)c1cccc(C2=C(N)OC(c3ccccc3)C2=O)c1. The Hall–Kier alpha value is -3.08. The van der Waals surface area contributed by atoms with Gasteiger partial charge in [0.15, 0.2) is 12.0 Å². The lowest BCUT2D eigenvalue weighted by atomic mass is 9.96. The number of benzene rings is 2. The fourth-order valence-electron chi connectivity index (χ4n) is 2.54. The highest BCUT2D eigenvalue weighted by atomic mass is 16.5. The van der Waals surface area contributed by atoms with Gasteiger partial charge in [0.2, 0.25) is 5.78 Å². The number of Topliss-reactive ketones (excluding diaryl/α,β-unsaturated/α-hetero) is 1. The molecular formula is C18H15NO4. The van der Waals surface area contributed by atoms with Crippen LogP contribution in [-0.2, 0) is 14.3 Å². The highest BCUT2D eigenvalue weighted by Crippen LogP contribution is 2.36. The number of ketones is 1. The molecule has 116 valence electrons. The van der Waals surface area contributed by atoms with Crippen LogP contribution >= 0.6 is 0 Å². The van der Waals surface area contributed by atoms with E-state index in [9.17, 15) is 9.59 Å². The van der Waals surface area contributed by atoms with Gasteiger partial charge in [-0.1, -0.05) is 42.5 Å². The van der Waals surface area contributed by atoms with Crippen molar-refractivity contribution in [2.24, 2.45) is 5.73 Å². The van der Waals surface area contributed by atoms with Crippen LogP contribution in [0.4, 0.5) is 0 Å². The second-order valence-corrected chi connectivity index (χ2v) is 5.08. The Morgan fingerprint density at radius 2 is 1.87 bits per heavy atom. The van der Waals surface area contributed by atoms with Crippen molar-refractivity contribution in [3.63, 3.8) is 0 Å². The van der Waals surface area contributed by atoms with Gasteiger partial charge in [0.05, 0.1) is 18.2 Å². The van der Waals surface area contributed by atoms with Gasteiger partial charge in [-0.25, -0.2) is 4.79 Å². The van der Waals surface area contributed by atoms with Crippen molar-refractivity contribution in [1.82, 2.24) is 0 Å². The maximum atomic E-state index is 12.7. The van der Waals surface area contributed by atoms with Gasteiger partial charge >= 0.3 is 5.97 Å². The predicted octanol–water partition coefficient (Wildman–Crippen LogP) is 2.44. The Morgan fingerprint density at radius 1 is 1.13 bits per heavy atom. The van der Waals surface area contributed by atoms with Crippen LogP contribution in [0.15, 0.2) is 60.5 Å². The minimum atomic E-state index is -0.756. The third-order valence-corrected chi connectivity index (χ3v) is 3.65. The highest BCUT2D eigenvalue weighted by molar-refractivity contribution is 6.25. The summed E-state index contributed by atoms with van der Waals surface area (Å²) in [6, 6.07) is 15.7. The van der Waals surface area contributed by atoms with Crippen molar-refractivity contribution in [3.8, 4) is 0 Å². The average molecular weight is 309 g/mol. The molecule has 0 aromatic heterocycles. The van der Waals surface area contributed by atoms with Crippen LogP contribution in [0, 0.1) is 0 Å². The quantitative estimate of drug-likeness (QED) is 0.881. The fraction of sp³-hybridized carbons (Fsp3) is 0.111. The number of carbonyl (C=O) groups is 2. The maximum absolute atomic E-state index is 12.7. The van der Waals surface area contributed by atoms with E-state index in [0.29, 0.717) is 11.1 Å². The summed E-state index contributed by atoms with van der Waals surface area (Å²) < 4.78 is 10.2. The lowest BCUT2D eigenvalue weighted by molar-refractivity contribution is -0.120. The van der Waals surface area contributed by atoms with Crippen LogP contribution in [0.1, 0.15) is 27.6 Å². The van der Waals surface area contributed by atoms with Gasteiger partial charge in [-0.05, 0) is 17.7 Å². The number of rotatable bonds is 3. The van der Waals surface area contributed by atoms with Crippen LogP contribution in [0.2, 0.25) is 0 Å². The van der Waals surface area contributed by atoms with Gasteiger partial charge in [0, 0.05) is 5.56 Å². The van der Waals surface area contributed by atoms with E-state index < -0.39 is 12.1 Å². The third kappa shape index (κ3) is 2.68. The summed E-state index contributed by atoms with van der Waals surface area (Å²) in [6.45, 7) is 0. The molecule has 0 spiro atoms. The first-order valence-electron chi connectivity index (χ1n) is 7.06. The summed E-state index contributed by atoms with van der Waals surface area (Å²) in [6.07, 6.45) is -0.756. The van der Waals surface area contributed by atoms with Gasteiger partial charge in [-0.3, -0.25) is 4.79 Å². The van der Waals surface area contributed by atoms with E-state index in [0.717, 1.165) is 5.56 Å². The van der Waals surface area contributed by atoms with Crippen molar-refractivity contribution >= 4 is 17.3 Å². The van der Waals surface area contributed by atoms with Gasteiger partial charge in [0.25, 0.3) is 0 Å². The second kappa shape index (κ2) is 5.96. The van der Waals surface area contributed by atoms with Crippen LogP contribution in [-0.4, -0.2) is 18.9 Å². The first-order chi connectivity index (χ1) is 11.1. The Bertz CT molecular complexity index is 796. The zero-order valence-corrected chi connectivity index (χ0v) is 12.5. The molecule has 1 aliphatic heterocycles. The molecule has 0 amide bonds. The molecule has 2 N–H and O–H groups in total. The Labute approximate surface area is 133 Å². The van der Waals surface area contributed by atoms with Crippen LogP contribution in [0.5, 0.6) is 0 Å². The Kier molecular flexibility index (Phi) is 3.85. The summed E-state index contributed by atoms with van der Waals surface area (Å²) in [5, 5.41) is 0. The van der Waals surface area contributed by atoms with Gasteiger partial charge < -0.3 is 15.2 Å². The van der Waals surface area contributed by atoms with E-state index in [-0.39, 0.29) is 17.2 Å². The summed E-state index contributed by atoms with van der Waals surface area (Å²) >= 11 is 0. The van der Waals surface area contributed by atoms with Gasteiger partial charge in [-0.2, -0.15) is 0 Å². The molecule has 0 fully saturated rings. The average Bonchev–Trinajstić information content (AvgIpc) is 2.89. The molecule has 5 nitrogen and oxygen atoms in total. The molecular weight excluding hydrogens is 294 g/mol. The van der Waals surface area contributed by atoms with Crippen molar-refractivity contribution in [2.45, 2.75) is 6.10 Å². The molecule has 0 bridgehead atoms. The molecule has 0 radical (unpaired) electrons. The van der Waals surface area contributed by atoms with Crippen molar-refractivity contribution in [3.05, 3.63) is 77.2 Å². The van der Waals surface area contributed by atoms with E-state index >= 15 is 0 Å². The van der Waals surface area contributed by atoms with Gasteiger partial charge in [-0.15, -0.1) is 0 Å². The monoisotopic (exact) mass is 309 g/mol. The first kappa shape index (κ1) is 14.8. The van der Waals surface area contributed by atoms with Crippen molar-refractivity contribution in [2.75, 3.05) is 7.11 Å². The summed E-state index contributed by atoms with van der Waals surface area (Å²) in [7, 11) is 1.30. The van der Waals surface area contributed by atoms with E-state index in [2.05, 4.69) is 0 Å². The Morgan fingerprint density at radius 3 is 2.57 bits per heavy atom. The number of methoxy groups -OCH3 is 1. The predicted molar refractivity (Wildman–Crippen MR) is 84.2 cm³/mol. The normalized spacial score (nSPS) is 17.1. The zero-order valence-electron chi connectivity index (χ0n) is 12.5. The van der Waals surface area contributed by atoms with E-state index in [1.165, 1.54) is 7.11 Å². The summed E-state index contributed by atoms with van der Waals surface area (Å²) in [5.41, 5.74) is 7.81. The molecule has 1 aliphatic rings. The summed E-state index contributed by atoms with van der Waals surface area (Å²) in [5.74, 6) is -0.640. The second-order valence-electron chi connectivity index (χ2n) is 5.08. The summed E-state index contributed by atoms with van der Waals surface area (Å²) in [4.78, 5) is 24.3. The number of carbonyl (C=O) groups excluding carboxylic acids is 2. The molecule has 3 rings (SSSR count). The molecule has 2 aromatic rings. The molecule has 2 aromatic carbocycles. The lowest BCUT2D eigenvalue weighted by Crippen LogP contribution is -2.10. The van der Waals surface area contributed by atoms with Crippen molar-refractivity contribution < 1.29 is 19.1 Å². The standard InChI is InChI=1S/C18H15NO4/c1-22-18(21)13-9-5-8-12(10-13)14-15(20)16(23-17(14)19)11-6-3-2-4-7-11/h2-10,16H,19H2,1H3. The largest absolute Gasteiger partial charge is 0.465 e. The number of hydrogen-bond donors (Lipinski definition) is 1. The Balaban J connectivity index is 1.96. The molecule has 1 unspecified atom stereocenters. The van der Waals surface area contributed by atoms with Gasteiger partial charge in [0.1, 0.15) is 0 Å². The lowest BCUT2D eigenvalue weighted by Gasteiger charge is -2.09. The van der Waals surface area contributed by atoms with E-state index in [1.54, 1.807) is 24.3 Å². The highest BCUT2D eigenvalue weighted by Gasteiger charge is 2.36. The maximum Gasteiger partial charge on any atom is 0.337 e. The van der Waals surface area contributed by atoms with Crippen LogP contribution in [0.3, 0.4) is 0 Å². The number of hydrogen-bond acceptors (Lipinski definition) is 5. The molecule has 0 saturated carbocycles. The number of ether oxygens (including phenoxy) is 2. The van der Waals surface area contributed by atoms with E-state index in [4.69, 9.17) is 15.2 Å². The smallest absolute Gasteiger partial charge is 0.337 e. The number of nitrogens with two attached hydrogens (primary N) is 1. The fourth-order valence-corrected chi connectivity index (χ4v) is 2.54. The number of esters is 1. The molecule has 23 heavy (non-hydrogen) atoms. The molecule has 1 atom stereocenters. The topological polar surface area (TPSA) is 78.6 Å². The van der Waals surface area contributed by atoms with Crippen molar-refractivity contribution in [1.29, 1.82) is 0 Å². The molecule has 5 heteroatoms. The molecule has 0 saturated heterocycles. The first-order valence-corrected chi connectivity index (χ1v) is 7.06. The molecule has 0 aliphatic carbocycles. The zero-order chi connectivity index (χ0) is 16.4. The molecule has 1 heterocycles.